The molecule has 1 N–H and O–H groups in total. The van der Waals surface area contributed by atoms with Gasteiger partial charge in [0.15, 0.2) is 0 Å². The zero-order valence-electron chi connectivity index (χ0n) is 11.6. The number of hydrogen-bond acceptors (Lipinski definition) is 4. The number of pyridine rings is 1. The minimum atomic E-state index is -3.39. The number of rotatable bonds is 4. The highest BCUT2D eigenvalue weighted by Crippen LogP contribution is 2.28. The van der Waals surface area contributed by atoms with E-state index in [0.717, 1.165) is 6.42 Å². The third-order valence-corrected chi connectivity index (χ3v) is 5.61. The van der Waals surface area contributed by atoms with Crippen LogP contribution in [0, 0.1) is 11.8 Å². The number of nitrogens with one attached hydrogen (secondary N) is 1. The van der Waals surface area contributed by atoms with E-state index in [0.29, 0.717) is 30.7 Å². The average molecular weight is 283 g/mol. The van der Waals surface area contributed by atoms with Crippen molar-refractivity contribution in [3.8, 4) is 0 Å². The van der Waals surface area contributed by atoms with Gasteiger partial charge in [-0.3, -0.25) is 0 Å². The molecule has 0 saturated carbocycles. The lowest BCUT2D eigenvalue weighted by atomic mass is 9.96. The number of anilines is 1. The molecule has 1 aliphatic rings. The van der Waals surface area contributed by atoms with Crippen LogP contribution in [0.25, 0.3) is 0 Å². The topological polar surface area (TPSA) is 62.3 Å². The van der Waals surface area contributed by atoms with Crippen molar-refractivity contribution in [2.24, 2.45) is 11.8 Å². The molecule has 1 unspecified atom stereocenters. The minimum absolute atomic E-state index is 0.274. The highest BCUT2D eigenvalue weighted by atomic mass is 32.2. The van der Waals surface area contributed by atoms with E-state index in [2.05, 4.69) is 24.1 Å². The van der Waals surface area contributed by atoms with Gasteiger partial charge in [0.05, 0.1) is 0 Å². The van der Waals surface area contributed by atoms with E-state index in [9.17, 15) is 8.42 Å². The fourth-order valence-electron chi connectivity index (χ4n) is 2.35. The Hall–Kier alpha value is -1.14. The Labute approximate surface area is 115 Å². The Kier molecular flexibility index (Phi) is 4.10. The van der Waals surface area contributed by atoms with Gasteiger partial charge >= 0.3 is 0 Å². The Morgan fingerprint density at radius 2 is 2.16 bits per heavy atom. The second kappa shape index (κ2) is 5.46. The van der Waals surface area contributed by atoms with E-state index in [-0.39, 0.29) is 4.90 Å². The fraction of sp³-hybridized carbons (Fsp3) is 0.615. The van der Waals surface area contributed by atoms with Crippen molar-refractivity contribution in [1.82, 2.24) is 9.29 Å². The molecule has 2 heterocycles. The molecular formula is C13H21N3O2S. The molecular weight excluding hydrogens is 262 g/mol. The molecule has 2 rings (SSSR count). The van der Waals surface area contributed by atoms with Crippen LogP contribution in [-0.4, -0.2) is 37.8 Å². The van der Waals surface area contributed by atoms with Crippen molar-refractivity contribution >= 4 is 15.8 Å². The molecule has 0 amide bonds. The molecule has 19 heavy (non-hydrogen) atoms. The van der Waals surface area contributed by atoms with Crippen molar-refractivity contribution in [3.05, 3.63) is 18.3 Å². The number of aromatic nitrogens is 1. The molecule has 0 spiro atoms. The van der Waals surface area contributed by atoms with Crippen LogP contribution in [0.3, 0.4) is 0 Å². The molecule has 1 aliphatic heterocycles. The highest BCUT2D eigenvalue weighted by molar-refractivity contribution is 7.89. The second-order valence-electron chi connectivity index (χ2n) is 5.28. The van der Waals surface area contributed by atoms with Gasteiger partial charge in [0.2, 0.25) is 10.0 Å². The van der Waals surface area contributed by atoms with E-state index < -0.39 is 10.0 Å². The average Bonchev–Trinajstić information content (AvgIpc) is 2.89. The third-order valence-electron chi connectivity index (χ3n) is 3.76. The molecule has 5 nitrogen and oxygen atoms in total. The summed E-state index contributed by atoms with van der Waals surface area (Å²) in [6.45, 7) is 5.51. The largest absolute Gasteiger partial charge is 0.373 e. The fourth-order valence-corrected chi connectivity index (χ4v) is 3.80. The summed E-state index contributed by atoms with van der Waals surface area (Å²) >= 11 is 0. The Morgan fingerprint density at radius 1 is 1.42 bits per heavy atom. The lowest BCUT2D eigenvalue weighted by Gasteiger charge is -2.18. The van der Waals surface area contributed by atoms with Crippen molar-refractivity contribution in [2.75, 3.05) is 25.5 Å². The molecule has 0 aliphatic carbocycles. The Balaban J connectivity index is 2.18. The van der Waals surface area contributed by atoms with E-state index >= 15 is 0 Å². The van der Waals surface area contributed by atoms with Crippen LogP contribution in [0.1, 0.15) is 20.3 Å². The van der Waals surface area contributed by atoms with E-state index in [1.54, 1.807) is 23.5 Å². The molecule has 1 saturated heterocycles. The van der Waals surface area contributed by atoms with E-state index in [1.807, 2.05) is 0 Å². The van der Waals surface area contributed by atoms with E-state index in [4.69, 9.17) is 0 Å². The van der Waals surface area contributed by atoms with Crippen LogP contribution in [0.4, 0.5) is 5.82 Å². The summed E-state index contributed by atoms with van der Waals surface area (Å²) in [6.07, 6.45) is 2.36. The summed E-state index contributed by atoms with van der Waals surface area (Å²) in [6, 6.07) is 3.29. The van der Waals surface area contributed by atoms with Gasteiger partial charge in [-0.2, -0.15) is 4.31 Å². The van der Waals surface area contributed by atoms with Crippen molar-refractivity contribution in [2.45, 2.75) is 25.2 Å². The predicted molar refractivity (Wildman–Crippen MR) is 75.5 cm³/mol. The molecule has 1 aromatic heterocycles. The zero-order valence-corrected chi connectivity index (χ0v) is 12.4. The summed E-state index contributed by atoms with van der Waals surface area (Å²) < 4.78 is 26.5. The maximum Gasteiger partial charge on any atom is 0.244 e. The number of sulfonamides is 1. The van der Waals surface area contributed by atoms with Gasteiger partial charge in [0.25, 0.3) is 0 Å². The zero-order chi connectivity index (χ0) is 14.0. The predicted octanol–water partition coefficient (Wildman–Crippen LogP) is 1.79. The Bertz CT molecular complexity index is 525. The third kappa shape index (κ3) is 2.90. The summed E-state index contributed by atoms with van der Waals surface area (Å²) in [5, 5.41) is 2.88. The first-order valence-electron chi connectivity index (χ1n) is 6.59. The maximum absolute atomic E-state index is 12.5. The van der Waals surface area contributed by atoms with Crippen LogP contribution in [0.2, 0.25) is 0 Å². The normalized spacial score (nSPS) is 20.9. The summed E-state index contributed by atoms with van der Waals surface area (Å²) in [7, 11) is -1.63. The lowest BCUT2D eigenvalue weighted by Crippen LogP contribution is -2.29. The molecule has 1 atom stereocenters. The summed E-state index contributed by atoms with van der Waals surface area (Å²) in [4.78, 5) is 4.35. The summed E-state index contributed by atoms with van der Waals surface area (Å²) in [5.74, 6) is 1.64. The molecule has 1 aromatic rings. The number of nitrogens with zero attached hydrogens (tertiary/aromatic N) is 2. The lowest BCUT2D eigenvalue weighted by molar-refractivity contribution is 0.388. The standard InChI is InChI=1S/C13H21N3O2S/c1-10(2)11-6-7-16(9-11)19(17,18)12-4-5-13(14-3)15-8-12/h4-5,8,10-11H,6-7,9H2,1-3H3,(H,14,15). The van der Waals surface area contributed by atoms with Gasteiger partial charge in [-0.1, -0.05) is 13.8 Å². The minimum Gasteiger partial charge on any atom is -0.373 e. The SMILES string of the molecule is CNc1ccc(S(=O)(=O)N2CCC(C(C)C)C2)cn1. The molecule has 1 fully saturated rings. The van der Waals surface area contributed by atoms with Gasteiger partial charge in [0.1, 0.15) is 10.7 Å². The first kappa shape index (κ1) is 14.3. The van der Waals surface area contributed by atoms with Gasteiger partial charge < -0.3 is 5.32 Å². The van der Waals surface area contributed by atoms with Gasteiger partial charge in [0, 0.05) is 26.3 Å². The second-order valence-corrected chi connectivity index (χ2v) is 7.22. The number of hydrogen-bond donors (Lipinski definition) is 1. The molecule has 6 heteroatoms. The monoisotopic (exact) mass is 283 g/mol. The summed E-state index contributed by atoms with van der Waals surface area (Å²) in [5.41, 5.74) is 0. The first-order chi connectivity index (χ1) is 8.95. The van der Waals surface area contributed by atoms with Crippen LogP contribution < -0.4 is 5.32 Å². The van der Waals surface area contributed by atoms with Crippen LogP contribution >= 0.6 is 0 Å². The van der Waals surface area contributed by atoms with Crippen LogP contribution in [0.15, 0.2) is 23.2 Å². The van der Waals surface area contributed by atoms with Gasteiger partial charge in [-0.05, 0) is 30.4 Å². The van der Waals surface area contributed by atoms with Crippen molar-refractivity contribution in [1.29, 1.82) is 0 Å². The van der Waals surface area contributed by atoms with Gasteiger partial charge in [-0.15, -0.1) is 0 Å². The molecule has 106 valence electrons. The molecule has 0 bridgehead atoms. The quantitative estimate of drug-likeness (QED) is 0.915. The van der Waals surface area contributed by atoms with E-state index in [1.165, 1.54) is 6.20 Å². The first-order valence-corrected chi connectivity index (χ1v) is 8.03. The van der Waals surface area contributed by atoms with Crippen LogP contribution in [0.5, 0.6) is 0 Å². The van der Waals surface area contributed by atoms with Gasteiger partial charge in [-0.25, -0.2) is 13.4 Å². The molecule has 0 aromatic carbocycles. The smallest absolute Gasteiger partial charge is 0.244 e. The van der Waals surface area contributed by atoms with Crippen LogP contribution in [-0.2, 0) is 10.0 Å². The van der Waals surface area contributed by atoms with Crippen molar-refractivity contribution in [3.63, 3.8) is 0 Å². The Morgan fingerprint density at radius 3 is 2.63 bits per heavy atom. The molecule has 0 radical (unpaired) electrons. The van der Waals surface area contributed by atoms with Crippen molar-refractivity contribution < 1.29 is 8.42 Å². The maximum atomic E-state index is 12.5. The highest BCUT2D eigenvalue weighted by Gasteiger charge is 2.33.